The van der Waals surface area contributed by atoms with Gasteiger partial charge in [0.05, 0.1) is 0 Å². The third kappa shape index (κ3) is 6.47. The fourth-order valence-corrected chi connectivity index (χ4v) is 2.41. The third-order valence-electron chi connectivity index (χ3n) is 3.35. The molecule has 140 valence electrons. The van der Waals surface area contributed by atoms with Crippen LogP contribution >= 0.6 is 15.9 Å². The van der Waals surface area contributed by atoms with Crippen molar-refractivity contribution in [1.29, 1.82) is 0 Å². The van der Waals surface area contributed by atoms with Crippen LogP contribution in [-0.2, 0) is 22.4 Å². The third-order valence-corrected chi connectivity index (χ3v) is 3.85. The van der Waals surface area contributed by atoms with Crippen LogP contribution in [0.4, 0.5) is 0 Å². The van der Waals surface area contributed by atoms with Crippen molar-refractivity contribution in [3.63, 3.8) is 0 Å². The average Bonchev–Trinajstić information content (AvgIpc) is 3.05. The molecule has 1 unspecified atom stereocenters. The van der Waals surface area contributed by atoms with Crippen LogP contribution < -0.4 is 15.6 Å². The van der Waals surface area contributed by atoms with Crippen LogP contribution in [0.15, 0.2) is 33.3 Å². The summed E-state index contributed by atoms with van der Waals surface area (Å²) in [5, 5.41) is 3.82. The van der Waals surface area contributed by atoms with Crippen molar-refractivity contribution in [2.75, 3.05) is 0 Å². The highest BCUT2D eigenvalue weighted by molar-refractivity contribution is 9.10. The van der Waals surface area contributed by atoms with E-state index in [-0.39, 0.29) is 12.3 Å². The van der Waals surface area contributed by atoms with Gasteiger partial charge >= 0.3 is 0 Å². The first kappa shape index (κ1) is 19.9. The quantitative estimate of drug-likeness (QED) is 0.629. The van der Waals surface area contributed by atoms with E-state index in [4.69, 9.17) is 9.26 Å². The molecule has 0 bridgehead atoms. The lowest BCUT2D eigenvalue weighted by Crippen LogP contribution is -2.47. The Bertz CT molecular complexity index is 750. The summed E-state index contributed by atoms with van der Waals surface area (Å²) < 4.78 is 11.4. The first-order valence-corrected chi connectivity index (χ1v) is 9.09. The van der Waals surface area contributed by atoms with E-state index >= 15 is 0 Å². The number of halogens is 1. The van der Waals surface area contributed by atoms with Gasteiger partial charge in [0.15, 0.2) is 11.9 Å². The number of benzene rings is 1. The molecule has 0 aliphatic carbocycles. The summed E-state index contributed by atoms with van der Waals surface area (Å²) in [6.07, 6.45) is 1.32. The lowest BCUT2D eigenvalue weighted by molar-refractivity contribution is -0.132. The number of hydrazine groups is 1. The minimum Gasteiger partial charge on any atom is -0.481 e. The minimum atomic E-state index is -0.767. The highest BCUT2D eigenvalue weighted by Crippen LogP contribution is 2.18. The number of rotatable bonds is 8. The van der Waals surface area contributed by atoms with Crippen molar-refractivity contribution in [3.8, 4) is 5.75 Å². The van der Waals surface area contributed by atoms with E-state index < -0.39 is 12.0 Å². The van der Waals surface area contributed by atoms with Crippen LogP contribution in [0.1, 0.15) is 38.4 Å². The fourth-order valence-electron chi connectivity index (χ4n) is 2.03. The number of ether oxygens (including phenoxy) is 1. The zero-order valence-electron chi connectivity index (χ0n) is 14.6. The van der Waals surface area contributed by atoms with Crippen molar-refractivity contribution in [2.45, 2.75) is 45.6 Å². The SMILES string of the molecule is CCCc1noc(CCC(=O)NNC(=O)C(C)Oc2cccc(Br)c2)n1. The maximum Gasteiger partial charge on any atom is 0.279 e. The molecule has 8 nitrogen and oxygen atoms in total. The summed E-state index contributed by atoms with van der Waals surface area (Å²) in [5.74, 6) is 0.772. The topological polar surface area (TPSA) is 106 Å². The van der Waals surface area contributed by atoms with Crippen LogP contribution in [-0.4, -0.2) is 28.1 Å². The lowest BCUT2D eigenvalue weighted by Gasteiger charge is -2.15. The molecule has 1 atom stereocenters. The number of aryl methyl sites for hydroxylation is 2. The van der Waals surface area contributed by atoms with Gasteiger partial charge in [-0.2, -0.15) is 4.98 Å². The molecule has 1 aromatic heterocycles. The summed E-state index contributed by atoms with van der Waals surface area (Å²) in [6.45, 7) is 3.61. The number of carbonyl (C=O) groups is 2. The van der Waals surface area contributed by atoms with E-state index in [9.17, 15) is 9.59 Å². The molecular formula is C17H21BrN4O4. The molecule has 0 fully saturated rings. The average molecular weight is 425 g/mol. The van der Waals surface area contributed by atoms with Gasteiger partial charge in [0.1, 0.15) is 5.75 Å². The summed E-state index contributed by atoms with van der Waals surface area (Å²) in [4.78, 5) is 28.0. The van der Waals surface area contributed by atoms with Gasteiger partial charge in [0.2, 0.25) is 11.8 Å². The van der Waals surface area contributed by atoms with Crippen molar-refractivity contribution in [2.24, 2.45) is 0 Å². The number of aromatic nitrogens is 2. The van der Waals surface area contributed by atoms with E-state index in [1.165, 1.54) is 0 Å². The molecule has 0 radical (unpaired) electrons. The van der Waals surface area contributed by atoms with E-state index in [1.54, 1.807) is 25.1 Å². The fraction of sp³-hybridized carbons (Fsp3) is 0.412. The Kier molecular flexibility index (Phi) is 7.58. The van der Waals surface area contributed by atoms with Gasteiger partial charge in [0.25, 0.3) is 5.91 Å². The number of nitrogens with zero attached hydrogens (tertiary/aromatic N) is 2. The van der Waals surface area contributed by atoms with E-state index in [0.717, 1.165) is 17.3 Å². The van der Waals surface area contributed by atoms with Gasteiger partial charge < -0.3 is 9.26 Å². The van der Waals surface area contributed by atoms with Crippen LogP contribution in [0.25, 0.3) is 0 Å². The first-order valence-electron chi connectivity index (χ1n) is 8.30. The zero-order valence-corrected chi connectivity index (χ0v) is 16.2. The molecule has 1 aromatic carbocycles. The van der Waals surface area contributed by atoms with Crippen LogP contribution in [0.2, 0.25) is 0 Å². The summed E-state index contributed by atoms with van der Waals surface area (Å²) in [5.41, 5.74) is 4.68. The maximum absolute atomic E-state index is 12.0. The molecule has 9 heteroatoms. The smallest absolute Gasteiger partial charge is 0.279 e. The number of hydrogen-bond donors (Lipinski definition) is 2. The molecule has 2 aromatic rings. The molecule has 0 saturated carbocycles. The second kappa shape index (κ2) is 9.91. The Balaban J connectivity index is 1.71. The molecule has 1 heterocycles. The van der Waals surface area contributed by atoms with Crippen LogP contribution in [0.5, 0.6) is 5.75 Å². The number of hydrogen-bond acceptors (Lipinski definition) is 6. The molecule has 0 spiro atoms. The molecule has 2 N–H and O–H groups in total. The minimum absolute atomic E-state index is 0.120. The Labute approximate surface area is 159 Å². The molecular weight excluding hydrogens is 404 g/mol. The van der Waals surface area contributed by atoms with E-state index in [2.05, 4.69) is 36.9 Å². The van der Waals surface area contributed by atoms with E-state index in [0.29, 0.717) is 23.9 Å². The standard InChI is InChI=1S/C17H21BrN4O4/c1-3-5-14-19-16(26-22-14)9-8-15(23)20-21-17(24)11(2)25-13-7-4-6-12(18)10-13/h4,6-7,10-11H,3,5,8-9H2,1-2H3,(H,20,23)(H,21,24). The molecule has 2 amide bonds. The second-order valence-corrected chi connectivity index (χ2v) is 6.52. The van der Waals surface area contributed by atoms with Gasteiger partial charge in [0, 0.05) is 23.7 Å². The number of carbonyl (C=O) groups excluding carboxylic acids is 2. The zero-order chi connectivity index (χ0) is 18.9. The van der Waals surface area contributed by atoms with Crippen LogP contribution in [0.3, 0.4) is 0 Å². The van der Waals surface area contributed by atoms with Crippen molar-refractivity contribution < 1.29 is 18.8 Å². The molecule has 0 aliphatic rings. The molecule has 0 aliphatic heterocycles. The summed E-state index contributed by atoms with van der Waals surface area (Å²) >= 11 is 3.33. The Hall–Kier alpha value is -2.42. The molecule has 26 heavy (non-hydrogen) atoms. The second-order valence-electron chi connectivity index (χ2n) is 5.61. The highest BCUT2D eigenvalue weighted by Gasteiger charge is 2.16. The predicted octanol–water partition coefficient (Wildman–Crippen LogP) is 2.33. The summed E-state index contributed by atoms with van der Waals surface area (Å²) in [7, 11) is 0. The Morgan fingerprint density at radius 2 is 2.12 bits per heavy atom. The predicted molar refractivity (Wildman–Crippen MR) is 97.1 cm³/mol. The molecule has 0 saturated heterocycles. The number of amides is 2. The van der Waals surface area contributed by atoms with Crippen molar-refractivity contribution >= 4 is 27.7 Å². The maximum atomic E-state index is 12.0. The van der Waals surface area contributed by atoms with Crippen molar-refractivity contribution in [1.82, 2.24) is 21.0 Å². The van der Waals surface area contributed by atoms with Gasteiger partial charge in [-0.25, -0.2) is 0 Å². The van der Waals surface area contributed by atoms with Crippen LogP contribution in [0, 0.1) is 0 Å². The first-order chi connectivity index (χ1) is 12.5. The van der Waals surface area contributed by atoms with Gasteiger partial charge in [-0.15, -0.1) is 0 Å². The number of nitrogens with one attached hydrogen (secondary N) is 2. The Morgan fingerprint density at radius 1 is 1.31 bits per heavy atom. The largest absolute Gasteiger partial charge is 0.481 e. The highest BCUT2D eigenvalue weighted by atomic mass is 79.9. The summed E-state index contributed by atoms with van der Waals surface area (Å²) in [6, 6.07) is 7.14. The monoisotopic (exact) mass is 424 g/mol. The van der Waals surface area contributed by atoms with Crippen molar-refractivity contribution in [3.05, 3.63) is 40.5 Å². The Morgan fingerprint density at radius 3 is 2.85 bits per heavy atom. The van der Waals surface area contributed by atoms with Gasteiger partial charge in [-0.3, -0.25) is 20.4 Å². The van der Waals surface area contributed by atoms with E-state index in [1.807, 2.05) is 13.0 Å². The normalized spacial score (nSPS) is 11.7. The van der Waals surface area contributed by atoms with Gasteiger partial charge in [-0.1, -0.05) is 34.1 Å². The molecule has 2 rings (SSSR count). The lowest BCUT2D eigenvalue weighted by atomic mass is 10.3. The van der Waals surface area contributed by atoms with Gasteiger partial charge in [-0.05, 0) is 31.5 Å².